The van der Waals surface area contributed by atoms with Crippen LogP contribution >= 0.6 is 0 Å². The van der Waals surface area contributed by atoms with E-state index in [2.05, 4.69) is 229 Å². The molecule has 2 heteroatoms. The molecule has 9 aromatic rings. The van der Waals surface area contributed by atoms with Crippen LogP contribution in [0.1, 0.15) is 0 Å². The SMILES string of the molecule is c1ccc(-c2ccc(N(c3ccc(-c4ccccc4)cc3)c3cccc4c3-c3ccc5ccccc5c3[Si]4(c3ccccc3)c3ccccc3)cc2)cc1. The van der Waals surface area contributed by atoms with E-state index in [4.69, 9.17) is 0 Å². The lowest BCUT2D eigenvalue weighted by Crippen LogP contribution is -2.73. The van der Waals surface area contributed by atoms with E-state index in [-0.39, 0.29) is 0 Å². The Labute approximate surface area is 318 Å². The lowest BCUT2D eigenvalue weighted by Gasteiger charge is -2.33. The number of hydrogen-bond acceptors (Lipinski definition) is 1. The van der Waals surface area contributed by atoms with Crippen molar-refractivity contribution in [2.75, 3.05) is 4.90 Å². The van der Waals surface area contributed by atoms with Crippen molar-refractivity contribution in [3.8, 4) is 33.4 Å². The molecule has 1 aliphatic heterocycles. The van der Waals surface area contributed by atoms with Crippen LogP contribution < -0.4 is 25.6 Å². The highest BCUT2D eigenvalue weighted by Gasteiger charge is 2.50. The molecule has 1 heterocycles. The normalized spacial score (nSPS) is 12.6. The topological polar surface area (TPSA) is 3.24 Å². The summed E-state index contributed by atoms with van der Waals surface area (Å²) in [4.78, 5) is 2.47. The molecule has 0 N–H and O–H groups in total. The lowest BCUT2D eigenvalue weighted by atomic mass is 9.98. The van der Waals surface area contributed by atoms with Gasteiger partial charge in [-0.25, -0.2) is 0 Å². The van der Waals surface area contributed by atoms with E-state index < -0.39 is 8.07 Å². The summed E-state index contributed by atoms with van der Waals surface area (Å²) in [7, 11) is -2.80. The van der Waals surface area contributed by atoms with Crippen molar-refractivity contribution in [1.82, 2.24) is 0 Å². The zero-order valence-corrected chi connectivity index (χ0v) is 30.8. The van der Waals surface area contributed by atoms with Crippen molar-refractivity contribution in [2.24, 2.45) is 0 Å². The van der Waals surface area contributed by atoms with Gasteiger partial charge in [0.1, 0.15) is 0 Å². The predicted octanol–water partition coefficient (Wildman–Crippen LogP) is 11.0. The average Bonchev–Trinajstić information content (AvgIpc) is 3.58. The molecule has 54 heavy (non-hydrogen) atoms. The fourth-order valence-electron chi connectivity index (χ4n) is 8.78. The first-order valence-electron chi connectivity index (χ1n) is 18.7. The van der Waals surface area contributed by atoms with Gasteiger partial charge in [-0.05, 0) is 89.7 Å². The lowest BCUT2D eigenvalue weighted by molar-refractivity contribution is 1.29. The molecule has 0 aromatic heterocycles. The Morgan fingerprint density at radius 1 is 0.333 bits per heavy atom. The number of nitrogens with zero attached hydrogens (tertiary/aromatic N) is 1. The largest absolute Gasteiger partial charge is 0.310 e. The Kier molecular flexibility index (Phi) is 7.90. The number of benzene rings is 9. The van der Waals surface area contributed by atoms with Crippen LogP contribution in [0.15, 0.2) is 224 Å². The molecule has 0 amide bonds. The van der Waals surface area contributed by atoms with Gasteiger partial charge in [-0.3, -0.25) is 0 Å². The second-order valence-electron chi connectivity index (χ2n) is 14.1. The molecule has 1 nitrogen and oxygen atoms in total. The molecule has 0 saturated carbocycles. The van der Waals surface area contributed by atoms with Crippen LogP contribution in [0.4, 0.5) is 17.1 Å². The van der Waals surface area contributed by atoms with Gasteiger partial charge in [0.15, 0.2) is 8.07 Å². The minimum atomic E-state index is -2.80. The molecule has 10 rings (SSSR count). The van der Waals surface area contributed by atoms with Crippen molar-refractivity contribution < 1.29 is 0 Å². The quantitative estimate of drug-likeness (QED) is 0.149. The Morgan fingerprint density at radius 3 is 1.33 bits per heavy atom. The van der Waals surface area contributed by atoms with Crippen LogP contribution in [0.2, 0.25) is 0 Å². The highest BCUT2D eigenvalue weighted by Crippen LogP contribution is 2.44. The van der Waals surface area contributed by atoms with Crippen LogP contribution in [0, 0.1) is 0 Å². The third-order valence-electron chi connectivity index (χ3n) is 11.1. The van der Waals surface area contributed by atoms with Crippen molar-refractivity contribution in [2.45, 2.75) is 0 Å². The third kappa shape index (κ3) is 5.15. The van der Waals surface area contributed by atoms with E-state index >= 15 is 0 Å². The molecule has 0 atom stereocenters. The minimum absolute atomic E-state index is 1.12. The highest BCUT2D eigenvalue weighted by atomic mass is 28.3. The molecular weight excluding hydrogens is 667 g/mol. The van der Waals surface area contributed by atoms with Gasteiger partial charge in [-0.2, -0.15) is 0 Å². The van der Waals surface area contributed by atoms with Crippen LogP contribution in [-0.2, 0) is 0 Å². The van der Waals surface area contributed by atoms with E-state index in [1.807, 2.05) is 0 Å². The summed E-state index contributed by atoms with van der Waals surface area (Å²) in [5, 5.41) is 8.31. The first-order chi connectivity index (χ1) is 26.8. The Balaban J connectivity index is 1.26. The standard InChI is InChI=1S/C52H37NSi/c1-5-16-38(17-6-1)40-28-33-43(34-29-40)53(44-35-30-41(31-36-44)39-18-7-2-8-19-39)49-26-15-27-50-51(49)48-37-32-42-20-13-14-25-47(42)52(48)54(50,45-21-9-3-10-22-45)46-23-11-4-12-24-46/h1-37H. The van der Waals surface area contributed by atoms with Gasteiger partial charge >= 0.3 is 0 Å². The Bertz CT molecular complexity index is 2600. The number of fused-ring (bicyclic) bond motifs is 5. The summed E-state index contributed by atoms with van der Waals surface area (Å²) in [5.74, 6) is 0. The minimum Gasteiger partial charge on any atom is -0.310 e. The molecular formula is C52H37NSi. The van der Waals surface area contributed by atoms with Gasteiger partial charge in [0, 0.05) is 16.9 Å². The first-order valence-corrected chi connectivity index (χ1v) is 20.7. The zero-order chi connectivity index (χ0) is 35.9. The van der Waals surface area contributed by atoms with E-state index in [0.717, 1.165) is 11.4 Å². The maximum Gasteiger partial charge on any atom is 0.181 e. The van der Waals surface area contributed by atoms with E-state index in [1.54, 1.807) is 0 Å². The number of hydrogen-bond donors (Lipinski definition) is 0. The van der Waals surface area contributed by atoms with Crippen molar-refractivity contribution in [1.29, 1.82) is 0 Å². The second kappa shape index (κ2) is 13.3. The summed E-state index contributed by atoms with van der Waals surface area (Å²) in [6.45, 7) is 0. The highest BCUT2D eigenvalue weighted by molar-refractivity contribution is 7.23. The molecule has 0 bridgehead atoms. The molecule has 0 fully saturated rings. The Morgan fingerprint density at radius 2 is 0.796 bits per heavy atom. The van der Waals surface area contributed by atoms with Crippen LogP contribution in [0.5, 0.6) is 0 Å². The predicted molar refractivity (Wildman–Crippen MR) is 232 cm³/mol. The van der Waals surface area contributed by atoms with Gasteiger partial charge in [0.25, 0.3) is 0 Å². The molecule has 254 valence electrons. The first kappa shape index (κ1) is 31.9. The van der Waals surface area contributed by atoms with Gasteiger partial charge in [0.05, 0.1) is 5.69 Å². The monoisotopic (exact) mass is 703 g/mol. The average molecular weight is 704 g/mol. The van der Waals surface area contributed by atoms with Crippen LogP contribution in [0.25, 0.3) is 44.2 Å². The zero-order valence-electron chi connectivity index (χ0n) is 29.8. The Hall–Kier alpha value is -6.74. The molecule has 0 spiro atoms. The summed E-state index contributed by atoms with van der Waals surface area (Å²) in [6.07, 6.45) is 0. The van der Waals surface area contributed by atoms with Crippen molar-refractivity contribution in [3.05, 3.63) is 224 Å². The van der Waals surface area contributed by atoms with Crippen LogP contribution in [-0.4, -0.2) is 8.07 Å². The van der Waals surface area contributed by atoms with Gasteiger partial charge < -0.3 is 4.90 Å². The number of anilines is 3. The maximum absolute atomic E-state index is 2.80. The molecule has 0 unspecified atom stereocenters. The van der Waals surface area contributed by atoms with E-state index in [1.165, 1.54) is 70.6 Å². The fourth-order valence-corrected chi connectivity index (χ4v) is 14.2. The van der Waals surface area contributed by atoms with E-state index in [0.29, 0.717) is 0 Å². The van der Waals surface area contributed by atoms with Crippen LogP contribution in [0.3, 0.4) is 0 Å². The van der Waals surface area contributed by atoms with Crippen molar-refractivity contribution >= 4 is 56.7 Å². The van der Waals surface area contributed by atoms with Gasteiger partial charge in [-0.15, -0.1) is 0 Å². The fraction of sp³-hybridized carbons (Fsp3) is 0. The summed E-state index contributed by atoms with van der Waals surface area (Å²) < 4.78 is 0. The second-order valence-corrected chi connectivity index (χ2v) is 17.7. The smallest absolute Gasteiger partial charge is 0.181 e. The number of rotatable bonds is 7. The molecule has 1 aliphatic rings. The summed E-state index contributed by atoms with van der Waals surface area (Å²) in [6, 6.07) is 82.8. The molecule has 0 saturated heterocycles. The van der Waals surface area contributed by atoms with Gasteiger partial charge in [-0.1, -0.05) is 194 Å². The van der Waals surface area contributed by atoms with Gasteiger partial charge in [0.2, 0.25) is 0 Å². The molecule has 0 radical (unpaired) electrons. The summed E-state index contributed by atoms with van der Waals surface area (Å²) >= 11 is 0. The molecule has 9 aromatic carbocycles. The summed E-state index contributed by atoms with van der Waals surface area (Å²) in [5.41, 5.74) is 10.9. The third-order valence-corrected chi connectivity index (χ3v) is 16.1. The van der Waals surface area contributed by atoms with Crippen molar-refractivity contribution in [3.63, 3.8) is 0 Å². The molecule has 0 aliphatic carbocycles. The maximum atomic E-state index is 2.47. The van der Waals surface area contributed by atoms with E-state index in [9.17, 15) is 0 Å².